The Balaban J connectivity index is 2.81. The molecule has 0 amide bonds. The number of nitrogens with zero attached hydrogens (tertiary/aromatic N) is 1. The van der Waals surface area contributed by atoms with Gasteiger partial charge in [0.1, 0.15) is 6.29 Å². The molecule has 1 aromatic rings. The van der Waals surface area contributed by atoms with Crippen LogP contribution in [0.2, 0.25) is 0 Å². The van der Waals surface area contributed by atoms with E-state index in [1.54, 1.807) is 0 Å². The number of carbonyl (C=O) groups excluding carboxylic acids is 1. The summed E-state index contributed by atoms with van der Waals surface area (Å²) in [6.07, 6.45) is 3.22. The minimum atomic E-state index is -0.0823. The van der Waals surface area contributed by atoms with Gasteiger partial charge in [0.2, 0.25) is 0 Å². The molecule has 1 rings (SSSR count). The van der Waals surface area contributed by atoms with Crippen LogP contribution in [0.1, 0.15) is 38.3 Å². The van der Waals surface area contributed by atoms with Crippen molar-refractivity contribution in [2.75, 3.05) is 13.1 Å². The van der Waals surface area contributed by atoms with E-state index in [1.807, 2.05) is 30.3 Å². The van der Waals surface area contributed by atoms with Crippen LogP contribution in [0.3, 0.4) is 0 Å². The van der Waals surface area contributed by atoms with Crippen LogP contribution in [0.15, 0.2) is 30.3 Å². The van der Waals surface area contributed by atoms with Crippen molar-refractivity contribution in [1.29, 1.82) is 0 Å². The highest BCUT2D eigenvalue weighted by Gasteiger charge is 2.17. The number of carbonyl (C=O) groups is 1. The van der Waals surface area contributed by atoms with Crippen LogP contribution < -0.4 is 0 Å². The third kappa shape index (κ3) is 3.46. The maximum atomic E-state index is 11.3. The lowest BCUT2D eigenvalue weighted by molar-refractivity contribution is -0.112. The van der Waals surface area contributed by atoms with Crippen LogP contribution in [0.25, 0.3) is 0 Å². The zero-order chi connectivity index (χ0) is 11.8. The van der Waals surface area contributed by atoms with E-state index in [0.717, 1.165) is 37.8 Å². The molecule has 0 aliphatic rings. The molecule has 1 atom stereocenters. The molecule has 0 heterocycles. The Labute approximate surface area is 98.3 Å². The van der Waals surface area contributed by atoms with Gasteiger partial charge in [-0.2, -0.15) is 0 Å². The third-order valence-corrected chi connectivity index (χ3v) is 2.69. The van der Waals surface area contributed by atoms with Crippen LogP contribution in [-0.4, -0.2) is 24.3 Å². The summed E-state index contributed by atoms with van der Waals surface area (Å²) in [6.45, 7) is 6.25. The first-order valence-electron chi connectivity index (χ1n) is 6.07. The predicted octanol–water partition coefficient (Wildman–Crippen LogP) is 3.05. The molecule has 0 saturated heterocycles. The van der Waals surface area contributed by atoms with E-state index in [9.17, 15) is 4.79 Å². The zero-order valence-electron chi connectivity index (χ0n) is 10.2. The highest BCUT2D eigenvalue weighted by Crippen LogP contribution is 2.18. The van der Waals surface area contributed by atoms with Gasteiger partial charge in [-0.25, -0.2) is 0 Å². The number of aldehydes is 1. The van der Waals surface area contributed by atoms with E-state index in [-0.39, 0.29) is 6.04 Å². The lowest BCUT2D eigenvalue weighted by Crippen LogP contribution is -2.31. The fraction of sp³-hybridized carbons (Fsp3) is 0.500. The molecule has 0 bridgehead atoms. The van der Waals surface area contributed by atoms with Gasteiger partial charge in [0.15, 0.2) is 0 Å². The van der Waals surface area contributed by atoms with Crippen LogP contribution in [0.4, 0.5) is 0 Å². The number of benzene rings is 1. The Morgan fingerprint density at radius 1 is 1.12 bits per heavy atom. The van der Waals surface area contributed by atoms with Gasteiger partial charge in [0, 0.05) is 0 Å². The Morgan fingerprint density at radius 2 is 1.69 bits per heavy atom. The topological polar surface area (TPSA) is 20.3 Å². The Bertz CT molecular complexity index is 291. The first-order chi connectivity index (χ1) is 7.83. The first-order valence-corrected chi connectivity index (χ1v) is 6.07. The van der Waals surface area contributed by atoms with E-state index >= 15 is 0 Å². The van der Waals surface area contributed by atoms with Gasteiger partial charge in [-0.15, -0.1) is 0 Å². The quantitative estimate of drug-likeness (QED) is 0.657. The monoisotopic (exact) mass is 219 g/mol. The molecule has 0 aromatic heterocycles. The second-order valence-corrected chi connectivity index (χ2v) is 4.03. The smallest absolute Gasteiger partial charge is 0.141 e. The molecular formula is C14H21NO. The van der Waals surface area contributed by atoms with Crippen molar-refractivity contribution in [3.05, 3.63) is 35.9 Å². The molecule has 0 aliphatic heterocycles. The van der Waals surface area contributed by atoms with Crippen LogP contribution in [0, 0.1) is 0 Å². The van der Waals surface area contributed by atoms with Crippen molar-refractivity contribution in [3.8, 4) is 0 Å². The summed E-state index contributed by atoms with van der Waals surface area (Å²) < 4.78 is 0. The van der Waals surface area contributed by atoms with E-state index in [1.165, 1.54) is 0 Å². The summed E-state index contributed by atoms with van der Waals surface area (Å²) in [5, 5.41) is 0. The van der Waals surface area contributed by atoms with Gasteiger partial charge >= 0.3 is 0 Å². The standard InChI is InChI=1S/C14H21NO/c1-3-10-15(11-4-2)14(12-16)13-8-6-5-7-9-13/h5-9,12,14H,3-4,10-11H2,1-2H3. The van der Waals surface area contributed by atoms with E-state index < -0.39 is 0 Å². The number of hydrogen-bond donors (Lipinski definition) is 0. The summed E-state index contributed by atoms with van der Waals surface area (Å²) >= 11 is 0. The highest BCUT2D eigenvalue weighted by atomic mass is 16.1. The lowest BCUT2D eigenvalue weighted by atomic mass is 10.1. The molecule has 88 valence electrons. The second-order valence-electron chi connectivity index (χ2n) is 4.03. The van der Waals surface area contributed by atoms with E-state index in [4.69, 9.17) is 0 Å². The number of hydrogen-bond acceptors (Lipinski definition) is 2. The summed E-state index contributed by atoms with van der Waals surface area (Å²) in [5.74, 6) is 0. The van der Waals surface area contributed by atoms with E-state index in [2.05, 4.69) is 18.7 Å². The Kier molecular flexibility index (Phi) is 5.79. The summed E-state index contributed by atoms with van der Waals surface area (Å²) in [6, 6.07) is 9.93. The molecule has 0 N–H and O–H groups in total. The van der Waals surface area contributed by atoms with Gasteiger partial charge in [-0.3, -0.25) is 4.90 Å². The van der Waals surface area contributed by atoms with Gasteiger partial charge in [0.05, 0.1) is 6.04 Å². The zero-order valence-corrected chi connectivity index (χ0v) is 10.2. The van der Waals surface area contributed by atoms with E-state index in [0.29, 0.717) is 0 Å². The van der Waals surface area contributed by atoms with Crippen molar-refractivity contribution in [1.82, 2.24) is 4.90 Å². The second kappa shape index (κ2) is 7.18. The molecule has 1 aromatic carbocycles. The van der Waals surface area contributed by atoms with Crippen LogP contribution >= 0.6 is 0 Å². The maximum absolute atomic E-state index is 11.3. The summed E-state index contributed by atoms with van der Waals surface area (Å²) in [7, 11) is 0. The SMILES string of the molecule is CCCN(CCC)C(C=O)c1ccccc1. The maximum Gasteiger partial charge on any atom is 0.141 e. The van der Waals surface area contributed by atoms with Crippen molar-refractivity contribution >= 4 is 6.29 Å². The fourth-order valence-corrected chi connectivity index (χ4v) is 1.99. The largest absolute Gasteiger partial charge is 0.301 e. The van der Waals surface area contributed by atoms with Crippen molar-refractivity contribution in [3.63, 3.8) is 0 Å². The molecule has 2 nitrogen and oxygen atoms in total. The van der Waals surface area contributed by atoms with Gasteiger partial charge in [-0.1, -0.05) is 44.2 Å². The molecule has 2 heteroatoms. The lowest BCUT2D eigenvalue weighted by Gasteiger charge is -2.27. The first kappa shape index (κ1) is 12.9. The molecular weight excluding hydrogens is 198 g/mol. The van der Waals surface area contributed by atoms with Crippen molar-refractivity contribution in [2.45, 2.75) is 32.7 Å². The predicted molar refractivity (Wildman–Crippen MR) is 67.4 cm³/mol. The minimum Gasteiger partial charge on any atom is -0.301 e. The summed E-state index contributed by atoms with van der Waals surface area (Å²) in [5.41, 5.74) is 1.10. The molecule has 0 aliphatic carbocycles. The third-order valence-electron chi connectivity index (χ3n) is 2.69. The molecule has 0 spiro atoms. The average Bonchev–Trinajstić information content (AvgIpc) is 2.32. The normalized spacial score (nSPS) is 12.7. The molecule has 0 saturated carbocycles. The average molecular weight is 219 g/mol. The Morgan fingerprint density at radius 3 is 2.12 bits per heavy atom. The van der Waals surface area contributed by atoms with Gasteiger partial charge in [-0.05, 0) is 31.5 Å². The molecule has 0 radical (unpaired) electrons. The minimum absolute atomic E-state index is 0.0823. The summed E-state index contributed by atoms with van der Waals surface area (Å²) in [4.78, 5) is 13.5. The fourth-order valence-electron chi connectivity index (χ4n) is 1.99. The Hall–Kier alpha value is -1.15. The van der Waals surface area contributed by atoms with Crippen molar-refractivity contribution in [2.24, 2.45) is 0 Å². The van der Waals surface area contributed by atoms with Gasteiger partial charge in [0.25, 0.3) is 0 Å². The molecule has 16 heavy (non-hydrogen) atoms. The molecule has 0 fully saturated rings. The highest BCUT2D eigenvalue weighted by molar-refractivity contribution is 5.61. The van der Waals surface area contributed by atoms with Crippen LogP contribution in [-0.2, 0) is 4.79 Å². The van der Waals surface area contributed by atoms with Crippen molar-refractivity contribution < 1.29 is 4.79 Å². The molecule has 1 unspecified atom stereocenters. The van der Waals surface area contributed by atoms with Crippen LogP contribution in [0.5, 0.6) is 0 Å². The van der Waals surface area contributed by atoms with Gasteiger partial charge < -0.3 is 4.79 Å². The number of rotatable bonds is 7.